The van der Waals surface area contributed by atoms with Gasteiger partial charge in [-0.05, 0) is 53.6 Å². The van der Waals surface area contributed by atoms with Gasteiger partial charge < -0.3 is 5.32 Å². The molecule has 3 rings (SSSR count). The second-order valence-corrected chi connectivity index (χ2v) is 5.56. The summed E-state index contributed by atoms with van der Waals surface area (Å²) >= 11 is 1.80. The highest BCUT2D eigenvalue weighted by molar-refractivity contribution is 7.17. The normalized spacial score (nSPS) is 12.7. The third-order valence-corrected chi connectivity index (χ3v) is 4.46. The molecule has 19 heavy (non-hydrogen) atoms. The number of thiophene rings is 1. The molecule has 2 aromatic heterocycles. The SMILES string of the molecule is CNC(c1ccncc1C)c1cccc2ccsc12. The first-order chi connectivity index (χ1) is 9.31. The molecule has 1 N–H and O–H groups in total. The lowest BCUT2D eigenvalue weighted by Gasteiger charge is -2.19. The van der Waals surface area contributed by atoms with Crippen LogP contribution in [0.15, 0.2) is 48.1 Å². The molecular formula is C16H16N2S. The molecule has 3 aromatic rings. The number of aromatic nitrogens is 1. The van der Waals surface area contributed by atoms with Gasteiger partial charge in [0.05, 0.1) is 6.04 Å². The largest absolute Gasteiger partial charge is 0.309 e. The molecule has 0 aliphatic heterocycles. The van der Waals surface area contributed by atoms with Crippen molar-refractivity contribution < 1.29 is 0 Å². The van der Waals surface area contributed by atoms with E-state index in [0.717, 1.165) is 0 Å². The van der Waals surface area contributed by atoms with Crippen molar-refractivity contribution in [2.75, 3.05) is 7.05 Å². The molecule has 0 saturated carbocycles. The maximum absolute atomic E-state index is 4.18. The van der Waals surface area contributed by atoms with Crippen molar-refractivity contribution in [3.63, 3.8) is 0 Å². The number of nitrogens with one attached hydrogen (secondary N) is 1. The van der Waals surface area contributed by atoms with Crippen molar-refractivity contribution >= 4 is 21.4 Å². The zero-order valence-corrected chi connectivity index (χ0v) is 11.9. The lowest BCUT2D eigenvalue weighted by Crippen LogP contribution is -2.18. The minimum atomic E-state index is 0.213. The maximum atomic E-state index is 4.18. The molecule has 3 heteroatoms. The molecule has 1 atom stereocenters. The summed E-state index contributed by atoms with van der Waals surface area (Å²) in [6.45, 7) is 2.11. The summed E-state index contributed by atoms with van der Waals surface area (Å²) in [4.78, 5) is 4.18. The number of hydrogen-bond donors (Lipinski definition) is 1. The van der Waals surface area contributed by atoms with Crippen LogP contribution in [0.5, 0.6) is 0 Å². The molecule has 96 valence electrons. The molecular weight excluding hydrogens is 252 g/mol. The van der Waals surface area contributed by atoms with E-state index in [1.165, 1.54) is 26.8 Å². The zero-order chi connectivity index (χ0) is 13.2. The van der Waals surface area contributed by atoms with E-state index in [2.05, 4.69) is 52.9 Å². The number of hydrogen-bond acceptors (Lipinski definition) is 3. The van der Waals surface area contributed by atoms with Gasteiger partial charge in [-0.3, -0.25) is 4.98 Å². The Balaban J connectivity index is 2.18. The molecule has 1 aromatic carbocycles. The molecule has 0 spiro atoms. The fraction of sp³-hybridized carbons (Fsp3) is 0.188. The van der Waals surface area contributed by atoms with Gasteiger partial charge in [0.1, 0.15) is 0 Å². The Morgan fingerprint density at radius 1 is 1.16 bits per heavy atom. The van der Waals surface area contributed by atoms with Crippen LogP contribution in [0, 0.1) is 6.92 Å². The highest BCUT2D eigenvalue weighted by Gasteiger charge is 2.16. The Bertz CT molecular complexity index is 703. The van der Waals surface area contributed by atoms with E-state index < -0.39 is 0 Å². The number of rotatable bonds is 3. The monoisotopic (exact) mass is 268 g/mol. The Morgan fingerprint density at radius 2 is 2.05 bits per heavy atom. The van der Waals surface area contributed by atoms with Crippen LogP contribution in [0.3, 0.4) is 0 Å². The van der Waals surface area contributed by atoms with Crippen LogP contribution in [-0.2, 0) is 0 Å². The Morgan fingerprint density at radius 3 is 2.84 bits per heavy atom. The minimum Gasteiger partial charge on any atom is -0.309 e. The summed E-state index contributed by atoms with van der Waals surface area (Å²) in [5.74, 6) is 0. The van der Waals surface area contributed by atoms with Crippen molar-refractivity contribution in [1.82, 2.24) is 10.3 Å². The number of nitrogens with zero attached hydrogens (tertiary/aromatic N) is 1. The average Bonchev–Trinajstić information content (AvgIpc) is 2.91. The van der Waals surface area contributed by atoms with Crippen molar-refractivity contribution in [1.29, 1.82) is 0 Å². The van der Waals surface area contributed by atoms with Gasteiger partial charge in [-0.25, -0.2) is 0 Å². The van der Waals surface area contributed by atoms with Gasteiger partial charge in [-0.1, -0.05) is 18.2 Å². The molecule has 0 radical (unpaired) electrons. The topological polar surface area (TPSA) is 24.9 Å². The van der Waals surface area contributed by atoms with Crippen LogP contribution in [0.1, 0.15) is 22.7 Å². The predicted octanol–water partition coefficient (Wildman–Crippen LogP) is 3.91. The summed E-state index contributed by atoms with van der Waals surface area (Å²) in [7, 11) is 2.01. The van der Waals surface area contributed by atoms with Crippen molar-refractivity contribution in [2.24, 2.45) is 0 Å². The van der Waals surface area contributed by atoms with E-state index in [1.807, 2.05) is 19.4 Å². The number of fused-ring (bicyclic) bond motifs is 1. The Hall–Kier alpha value is -1.71. The molecule has 2 nitrogen and oxygen atoms in total. The Kier molecular flexibility index (Phi) is 3.32. The standard InChI is InChI=1S/C16H16N2S/c1-11-10-18-8-6-13(11)15(17-2)14-5-3-4-12-7-9-19-16(12)14/h3-10,15,17H,1-2H3. The van der Waals surface area contributed by atoms with Crippen LogP contribution >= 0.6 is 11.3 Å². The second-order valence-electron chi connectivity index (χ2n) is 4.64. The summed E-state index contributed by atoms with van der Waals surface area (Å²) < 4.78 is 1.36. The van der Waals surface area contributed by atoms with Crippen molar-refractivity contribution in [2.45, 2.75) is 13.0 Å². The fourth-order valence-corrected chi connectivity index (χ4v) is 3.47. The Labute approximate surface area is 117 Å². The van der Waals surface area contributed by atoms with E-state index in [4.69, 9.17) is 0 Å². The summed E-state index contributed by atoms with van der Waals surface area (Å²) in [5, 5.41) is 6.90. The van der Waals surface area contributed by atoms with E-state index in [-0.39, 0.29) is 6.04 Å². The molecule has 0 saturated heterocycles. The summed E-state index contributed by atoms with van der Waals surface area (Å²) in [5.41, 5.74) is 3.85. The van der Waals surface area contributed by atoms with E-state index >= 15 is 0 Å². The van der Waals surface area contributed by atoms with E-state index in [9.17, 15) is 0 Å². The van der Waals surface area contributed by atoms with Gasteiger partial charge in [0.25, 0.3) is 0 Å². The van der Waals surface area contributed by atoms with E-state index in [1.54, 1.807) is 11.3 Å². The first-order valence-corrected chi connectivity index (χ1v) is 7.23. The average molecular weight is 268 g/mol. The van der Waals surface area contributed by atoms with Gasteiger partial charge in [-0.15, -0.1) is 11.3 Å². The lowest BCUT2D eigenvalue weighted by molar-refractivity contribution is 0.692. The number of aryl methyl sites for hydroxylation is 1. The van der Waals surface area contributed by atoms with Crippen LogP contribution in [0.2, 0.25) is 0 Å². The third kappa shape index (κ3) is 2.15. The third-order valence-electron chi connectivity index (χ3n) is 3.48. The first kappa shape index (κ1) is 12.3. The lowest BCUT2D eigenvalue weighted by atomic mass is 9.96. The van der Waals surface area contributed by atoms with E-state index in [0.29, 0.717) is 0 Å². The van der Waals surface area contributed by atoms with Gasteiger partial charge >= 0.3 is 0 Å². The van der Waals surface area contributed by atoms with Crippen molar-refractivity contribution in [3.8, 4) is 0 Å². The number of benzene rings is 1. The van der Waals surface area contributed by atoms with Gasteiger partial charge in [-0.2, -0.15) is 0 Å². The second kappa shape index (κ2) is 5.11. The minimum absolute atomic E-state index is 0.213. The molecule has 0 aliphatic carbocycles. The number of pyridine rings is 1. The molecule has 0 bridgehead atoms. The van der Waals surface area contributed by atoms with Crippen LogP contribution in [0.4, 0.5) is 0 Å². The van der Waals surface area contributed by atoms with Gasteiger partial charge in [0.2, 0.25) is 0 Å². The summed E-state index contributed by atoms with van der Waals surface area (Å²) in [6.07, 6.45) is 3.79. The highest BCUT2D eigenvalue weighted by Crippen LogP contribution is 2.32. The molecule has 0 amide bonds. The maximum Gasteiger partial charge on any atom is 0.0592 e. The van der Waals surface area contributed by atoms with Crippen LogP contribution < -0.4 is 5.32 Å². The first-order valence-electron chi connectivity index (χ1n) is 6.35. The molecule has 2 heterocycles. The van der Waals surface area contributed by atoms with Crippen molar-refractivity contribution in [3.05, 3.63) is 64.8 Å². The smallest absolute Gasteiger partial charge is 0.0592 e. The van der Waals surface area contributed by atoms with Gasteiger partial charge in [0, 0.05) is 17.1 Å². The quantitative estimate of drug-likeness (QED) is 0.779. The summed E-state index contributed by atoms with van der Waals surface area (Å²) in [6, 6.07) is 11.0. The highest BCUT2D eigenvalue weighted by atomic mass is 32.1. The predicted molar refractivity (Wildman–Crippen MR) is 81.7 cm³/mol. The van der Waals surface area contributed by atoms with Crippen LogP contribution in [-0.4, -0.2) is 12.0 Å². The molecule has 0 fully saturated rings. The zero-order valence-electron chi connectivity index (χ0n) is 11.1. The van der Waals surface area contributed by atoms with Gasteiger partial charge in [0.15, 0.2) is 0 Å². The fourth-order valence-electron chi connectivity index (χ4n) is 2.53. The molecule has 1 unspecified atom stereocenters. The van der Waals surface area contributed by atoms with Crippen LogP contribution in [0.25, 0.3) is 10.1 Å². The molecule has 0 aliphatic rings.